The van der Waals surface area contributed by atoms with Gasteiger partial charge in [-0.2, -0.15) is 0 Å². The average molecular weight is 194 g/mol. The predicted octanol–water partition coefficient (Wildman–Crippen LogP) is 0.774. The van der Waals surface area contributed by atoms with E-state index < -0.39 is 0 Å². The summed E-state index contributed by atoms with van der Waals surface area (Å²) in [6.45, 7) is 3.67. The molecule has 14 heavy (non-hydrogen) atoms. The fraction of sp³-hybridized carbons (Fsp3) is 0.727. The van der Waals surface area contributed by atoms with E-state index in [4.69, 9.17) is 0 Å². The summed E-state index contributed by atoms with van der Waals surface area (Å²) >= 11 is 0. The van der Waals surface area contributed by atoms with Gasteiger partial charge in [0.15, 0.2) is 0 Å². The molecule has 0 aromatic rings. The highest BCUT2D eigenvalue weighted by Crippen LogP contribution is 2.15. The van der Waals surface area contributed by atoms with Crippen LogP contribution in [0.2, 0.25) is 0 Å². The van der Waals surface area contributed by atoms with E-state index in [-0.39, 0.29) is 5.92 Å². The molecule has 0 bridgehead atoms. The van der Waals surface area contributed by atoms with E-state index in [0.29, 0.717) is 5.91 Å². The molecule has 78 valence electrons. The highest BCUT2D eigenvalue weighted by Gasteiger charge is 2.25. The van der Waals surface area contributed by atoms with Gasteiger partial charge in [-0.05, 0) is 25.8 Å². The van der Waals surface area contributed by atoms with Crippen LogP contribution in [-0.2, 0) is 4.79 Å². The Kier molecular flexibility index (Phi) is 3.19. The van der Waals surface area contributed by atoms with Crippen LogP contribution in [0.1, 0.15) is 19.3 Å². The molecule has 2 aliphatic rings. The van der Waals surface area contributed by atoms with Gasteiger partial charge in [-0.1, -0.05) is 12.2 Å². The molecule has 0 unspecified atom stereocenters. The summed E-state index contributed by atoms with van der Waals surface area (Å²) in [7, 11) is 0. The van der Waals surface area contributed by atoms with E-state index in [1.807, 2.05) is 4.90 Å². The normalized spacial score (nSPS) is 27.7. The summed E-state index contributed by atoms with van der Waals surface area (Å²) in [6, 6.07) is 0. The lowest BCUT2D eigenvalue weighted by Crippen LogP contribution is -2.44. The molecule has 2 aliphatic heterocycles. The van der Waals surface area contributed by atoms with Crippen molar-refractivity contribution in [2.24, 2.45) is 5.92 Å². The van der Waals surface area contributed by atoms with Crippen LogP contribution in [0.15, 0.2) is 12.2 Å². The van der Waals surface area contributed by atoms with Gasteiger partial charge in [0.1, 0.15) is 0 Å². The van der Waals surface area contributed by atoms with E-state index >= 15 is 0 Å². The van der Waals surface area contributed by atoms with Gasteiger partial charge in [-0.15, -0.1) is 0 Å². The zero-order chi connectivity index (χ0) is 9.80. The maximum atomic E-state index is 12.0. The number of carbonyl (C=O) groups is 1. The Morgan fingerprint density at radius 3 is 3.00 bits per heavy atom. The molecule has 0 aromatic carbocycles. The molecule has 1 saturated heterocycles. The highest BCUT2D eigenvalue weighted by atomic mass is 16.2. The van der Waals surface area contributed by atoms with Crippen LogP contribution in [0.3, 0.4) is 0 Å². The first-order valence-corrected chi connectivity index (χ1v) is 5.52. The standard InChI is InChI=1S/C11H18N2O/c14-11(10-5-4-6-12-9-10)13-7-2-1-3-8-13/h1-2,10,12H,3-9H2/t10-/m1/s1. The maximum absolute atomic E-state index is 12.0. The third kappa shape index (κ3) is 2.15. The summed E-state index contributed by atoms with van der Waals surface area (Å²) in [5.74, 6) is 0.580. The van der Waals surface area contributed by atoms with Gasteiger partial charge in [0.2, 0.25) is 5.91 Å². The second-order valence-corrected chi connectivity index (χ2v) is 4.09. The topological polar surface area (TPSA) is 32.3 Å². The monoisotopic (exact) mass is 194 g/mol. The Hall–Kier alpha value is -0.830. The van der Waals surface area contributed by atoms with Gasteiger partial charge in [0.05, 0.1) is 5.92 Å². The van der Waals surface area contributed by atoms with E-state index in [2.05, 4.69) is 17.5 Å². The fourth-order valence-corrected chi connectivity index (χ4v) is 2.16. The SMILES string of the molecule is O=C([C@@H]1CCCNC1)N1CC=CCC1. The minimum absolute atomic E-state index is 0.232. The average Bonchev–Trinajstić information content (AvgIpc) is 2.30. The molecule has 1 fully saturated rings. The Labute approximate surface area is 85.2 Å². The van der Waals surface area contributed by atoms with E-state index in [9.17, 15) is 4.79 Å². The van der Waals surface area contributed by atoms with Crippen molar-refractivity contribution in [1.29, 1.82) is 0 Å². The number of rotatable bonds is 1. The third-order valence-corrected chi connectivity index (χ3v) is 3.02. The third-order valence-electron chi connectivity index (χ3n) is 3.02. The molecule has 0 aromatic heterocycles. The molecular formula is C11H18N2O. The van der Waals surface area contributed by atoms with Crippen molar-refractivity contribution in [2.75, 3.05) is 26.2 Å². The predicted molar refractivity (Wildman–Crippen MR) is 55.9 cm³/mol. The summed E-state index contributed by atoms with van der Waals surface area (Å²) in [4.78, 5) is 14.0. The molecule has 2 rings (SSSR count). The van der Waals surface area contributed by atoms with Crippen molar-refractivity contribution in [3.8, 4) is 0 Å². The molecular weight excluding hydrogens is 176 g/mol. The van der Waals surface area contributed by atoms with E-state index in [1.54, 1.807) is 0 Å². The smallest absolute Gasteiger partial charge is 0.227 e. The lowest BCUT2D eigenvalue weighted by Gasteiger charge is -2.30. The number of hydrogen-bond donors (Lipinski definition) is 1. The van der Waals surface area contributed by atoms with Crippen LogP contribution in [0, 0.1) is 5.92 Å². The van der Waals surface area contributed by atoms with Crippen molar-refractivity contribution in [2.45, 2.75) is 19.3 Å². The second-order valence-electron chi connectivity index (χ2n) is 4.09. The highest BCUT2D eigenvalue weighted by molar-refractivity contribution is 5.79. The van der Waals surface area contributed by atoms with Gasteiger partial charge in [0.25, 0.3) is 0 Å². The Balaban J connectivity index is 1.89. The molecule has 1 amide bonds. The first-order chi connectivity index (χ1) is 6.88. The maximum Gasteiger partial charge on any atom is 0.227 e. The Bertz CT molecular complexity index is 231. The number of nitrogens with one attached hydrogen (secondary N) is 1. The zero-order valence-corrected chi connectivity index (χ0v) is 8.54. The van der Waals surface area contributed by atoms with Crippen LogP contribution in [-0.4, -0.2) is 37.0 Å². The quantitative estimate of drug-likeness (QED) is 0.625. The Morgan fingerprint density at radius 2 is 2.36 bits per heavy atom. The number of nitrogens with zero attached hydrogens (tertiary/aromatic N) is 1. The molecule has 1 atom stereocenters. The van der Waals surface area contributed by atoms with Gasteiger partial charge in [-0.25, -0.2) is 0 Å². The van der Waals surface area contributed by atoms with Gasteiger partial charge >= 0.3 is 0 Å². The summed E-state index contributed by atoms with van der Waals surface area (Å²) in [5.41, 5.74) is 0. The number of carbonyl (C=O) groups excluding carboxylic acids is 1. The molecule has 0 aliphatic carbocycles. The zero-order valence-electron chi connectivity index (χ0n) is 8.54. The number of hydrogen-bond acceptors (Lipinski definition) is 2. The Morgan fingerprint density at radius 1 is 1.43 bits per heavy atom. The van der Waals surface area contributed by atoms with Crippen LogP contribution < -0.4 is 5.32 Å². The summed E-state index contributed by atoms with van der Waals surface area (Å²) < 4.78 is 0. The fourth-order valence-electron chi connectivity index (χ4n) is 2.16. The molecule has 2 heterocycles. The van der Waals surface area contributed by atoms with Crippen LogP contribution in [0.5, 0.6) is 0 Å². The second kappa shape index (κ2) is 4.60. The van der Waals surface area contributed by atoms with E-state index in [0.717, 1.165) is 45.4 Å². The van der Waals surface area contributed by atoms with Gasteiger partial charge in [-0.3, -0.25) is 4.79 Å². The first-order valence-electron chi connectivity index (χ1n) is 5.52. The lowest BCUT2D eigenvalue weighted by molar-refractivity contribution is -0.135. The van der Waals surface area contributed by atoms with Crippen molar-refractivity contribution in [3.63, 3.8) is 0 Å². The first kappa shape index (κ1) is 9.71. The lowest BCUT2D eigenvalue weighted by atomic mass is 9.97. The van der Waals surface area contributed by atoms with Crippen molar-refractivity contribution >= 4 is 5.91 Å². The number of piperidine rings is 1. The molecule has 1 N–H and O–H groups in total. The van der Waals surface area contributed by atoms with Gasteiger partial charge < -0.3 is 10.2 Å². The molecule has 3 heteroatoms. The summed E-state index contributed by atoms with van der Waals surface area (Å²) in [6.07, 6.45) is 7.47. The van der Waals surface area contributed by atoms with E-state index in [1.165, 1.54) is 0 Å². The molecule has 3 nitrogen and oxygen atoms in total. The van der Waals surface area contributed by atoms with Crippen molar-refractivity contribution in [1.82, 2.24) is 10.2 Å². The molecule has 0 saturated carbocycles. The minimum atomic E-state index is 0.232. The van der Waals surface area contributed by atoms with Crippen LogP contribution >= 0.6 is 0 Å². The van der Waals surface area contributed by atoms with Gasteiger partial charge in [0, 0.05) is 19.6 Å². The summed E-state index contributed by atoms with van der Waals surface area (Å²) in [5, 5.41) is 3.29. The minimum Gasteiger partial charge on any atom is -0.338 e. The van der Waals surface area contributed by atoms with Crippen molar-refractivity contribution in [3.05, 3.63) is 12.2 Å². The van der Waals surface area contributed by atoms with Crippen LogP contribution in [0.25, 0.3) is 0 Å². The molecule has 0 spiro atoms. The largest absolute Gasteiger partial charge is 0.338 e. The van der Waals surface area contributed by atoms with Crippen LogP contribution in [0.4, 0.5) is 0 Å². The van der Waals surface area contributed by atoms with Crippen molar-refractivity contribution < 1.29 is 4.79 Å². The number of amides is 1. The molecule has 0 radical (unpaired) electrons.